The van der Waals surface area contributed by atoms with E-state index in [9.17, 15) is 19.2 Å². The van der Waals surface area contributed by atoms with Crippen molar-refractivity contribution in [2.75, 3.05) is 12.0 Å². The standard InChI is InChI=1S/C24H18N2O6/c1-14-6-5-7-15(12-14)26-22(28)19(21(27)25-24(26)30)13-16-10-11-20(32-16)17-8-3-4-9-18(17)23(29)31-2/h3-13H,1-2H3,(H,25,27,30)/b19-13+. The van der Waals surface area contributed by atoms with Crippen LogP contribution in [-0.2, 0) is 14.3 Å². The molecule has 0 saturated carbocycles. The topological polar surface area (TPSA) is 106 Å². The van der Waals surface area contributed by atoms with Crippen molar-refractivity contribution in [1.82, 2.24) is 5.32 Å². The van der Waals surface area contributed by atoms with Crippen LogP contribution >= 0.6 is 0 Å². The van der Waals surface area contributed by atoms with Crippen LogP contribution in [0.2, 0.25) is 0 Å². The molecule has 1 aliphatic heterocycles. The van der Waals surface area contributed by atoms with E-state index in [0.717, 1.165) is 10.5 Å². The summed E-state index contributed by atoms with van der Waals surface area (Å²) in [7, 11) is 1.28. The molecule has 1 aliphatic rings. The zero-order valence-corrected chi connectivity index (χ0v) is 17.2. The lowest BCUT2D eigenvalue weighted by molar-refractivity contribution is -0.122. The Morgan fingerprint density at radius 3 is 2.56 bits per heavy atom. The molecule has 1 N–H and O–H groups in total. The smallest absolute Gasteiger partial charge is 0.338 e. The molecule has 2 aromatic carbocycles. The molecule has 3 aromatic rings. The van der Waals surface area contributed by atoms with E-state index < -0.39 is 23.8 Å². The average Bonchev–Trinajstić information content (AvgIpc) is 3.24. The molecule has 160 valence electrons. The number of hydrogen-bond acceptors (Lipinski definition) is 6. The van der Waals surface area contributed by atoms with Crippen molar-refractivity contribution in [2.45, 2.75) is 6.92 Å². The number of benzene rings is 2. The number of nitrogens with one attached hydrogen (secondary N) is 1. The Labute approximate surface area is 183 Å². The number of methoxy groups -OCH3 is 1. The molecule has 1 aromatic heterocycles. The van der Waals surface area contributed by atoms with Gasteiger partial charge in [0.1, 0.15) is 17.1 Å². The van der Waals surface area contributed by atoms with E-state index >= 15 is 0 Å². The molecule has 0 radical (unpaired) electrons. The second kappa shape index (κ2) is 8.35. The third-order valence-electron chi connectivity index (χ3n) is 4.87. The first-order chi connectivity index (χ1) is 15.4. The van der Waals surface area contributed by atoms with E-state index in [4.69, 9.17) is 9.15 Å². The second-order valence-corrected chi connectivity index (χ2v) is 7.04. The average molecular weight is 430 g/mol. The van der Waals surface area contributed by atoms with Gasteiger partial charge in [0, 0.05) is 5.56 Å². The lowest BCUT2D eigenvalue weighted by Crippen LogP contribution is -2.54. The summed E-state index contributed by atoms with van der Waals surface area (Å²) < 4.78 is 10.6. The molecule has 0 atom stereocenters. The van der Waals surface area contributed by atoms with Crippen molar-refractivity contribution in [2.24, 2.45) is 0 Å². The zero-order valence-electron chi connectivity index (χ0n) is 17.2. The first-order valence-electron chi connectivity index (χ1n) is 9.64. The second-order valence-electron chi connectivity index (χ2n) is 7.04. The summed E-state index contributed by atoms with van der Waals surface area (Å²) in [6.45, 7) is 1.83. The third kappa shape index (κ3) is 3.81. The van der Waals surface area contributed by atoms with Crippen molar-refractivity contribution in [3.8, 4) is 11.3 Å². The number of ether oxygens (including phenoxy) is 1. The number of rotatable bonds is 4. The quantitative estimate of drug-likeness (QED) is 0.384. The Morgan fingerprint density at radius 2 is 1.81 bits per heavy atom. The van der Waals surface area contributed by atoms with Gasteiger partial charge in [-0.25, -0.2) is 14.5 Å². The number of aryl methyl sites for hydroxylation is 1. The number of esters is 1. The maximum absolute atomic E-state index is 13.0. The number of urea groups is 1. The van der Waals surface area contributed by atoms with Gasteiger partial charge in [0.05, 0.1) is 18.4 Å². The van der Waals surface area contributed by atoms with E-state index in [2.05, 4.69) is 5.32 Å². The lowest BCUT2D eigenvalue weighted by Gasteiger charge is -2.26. The number of furan rings is 1. The maximum Gasteiger partial charge on any atom is 0.338 e. The highest BCUT2D eigenvalue weighted by molar-refractivity contribution is 6.39. The summed E-state index contributed by atoms with van der Waals surface area (Å²) in [5, 5.41) is 2.17. The van der Waals surface area contributed by atoms with Crippen LogP contribution in [0.4, 0.5) is 10.5 Å². The van der Waals surface area contributed by atoms with Crippen LogP contribution in [-0.4, -0.2) is 30.9 Å². The number of anilines is 1. The fourth-order valence-corrected chi connectivity index (χ4v) is 3.36. The van der Waals surface area contributed by atoms with Crippen molar-refractivity contribution in [1.29, 1.82) is 0 Å². The number of imide groups is 2. The highest BCUT2D eigenvalue weighted by atomic mass is 16.5. The minimum Gasteiger partial charge on any atom is -0.465 e. The Hall–Kier alpha value is -4.46. The van der Waals surface area contributed by atoms with Crippen LogP contribution in [0.1, 0.15) is 21.7 Å². The molecule has 8 heteroatoms. The summed E-state index contributed by atoms with van der Waals surface area (Å²) in [5.74, 6) is -1.55. The van der Waals surface area contributed by atoms with Gasteiger partial charge in [-0.2, -0.15) is 0 Å². The number of carbonyl (C=O) groups excluding carboxylic acids is 4. The van der Waals surface area contributed by atoms with E-state index in [0.29, 0.717) is 22.6 Å². The SMILES string of the molecule is COC(=O)c1ccccc1-c1ccc(/C=C2\C(=O)NC(=O)N(c3cccc(C)c3)C2=O)o1. The van der Waals surface area contributed by atoms with Crippen LogP contribution in [0.5, 0.6) is 0 Å². The number of nitrogens with zero attached hydrogens (tertiary/aromatic N) is 1. The highest BCUT2D eigenvalue weighted by Gasteiger charge is 2.37. The number of amides is 4. The van der Waals surface area contributed by atoms with Crippen molar-refractivity contribution in [3.63, 3.8) is 0 Å². The number of barbiturate groups is 1. The first-order valence-corrected chi connectivity index (χ1v) is 9.64. The molecule has 1 fully saturated rings. The van der Waals surface area contributed by atoms with E-state index in [1.165, 1.54) is 13.2 Å². The van der Waals surface area contributed by atoms with Gasteiger partial charge >= 0.3 is 12.0 Å². The third-order valence-corrected chi connectivity index (χ3v) is 4.87. The summed E-state index contributed by atoms with van der Waals surface area (Å²) in [6, 6.07) is 15.9. The van der Waals surface area contributed by atoms with Gasteiger partial charge < -0.3 is 9.15 Å². The van der Waals surface area contributed by atoms with Gasteiger partial charge in [-0.05, 0) is 48.9 Å². The summed E-state index contributed by atoms with van der Waals surface area (Å²) in [6.07, 6.45) is 1.26. The van der Waals surface area contributed by atoms with Crippen molar-refractivity contribution >= 4 is 35.6 Å². The molecule has 8 nitrogen and oxygen atoms in total. The molecule has 0 aliphatic carbocycles. The van der Waals surface area contributed by atoms with E-state index in [-0.39, 0.29) is 11.3 Å². The lowest BCUT2D eigenvalue weighted by atomic mass is 10.1. The Kier molecular flexibility index (Phi) is 5.43. The Balaban J connectivity index is 1.70. The predicted octanol–water partition coefficient (Wildman–Crippen LogP) is 3.71. The van der Waals surface area contributed by atoms with Gasteiger partial charge in [0.2, 0.25) is 0 Å². The first kappa shape index (κ1) is 20.8. The van der Waals surface area contributed by atoms with Crippen LogP contribution in [0.3, 0.4) is 0 Å². The molecule has 0 spiro atoms. The highest BCUT2D eigenvalue weighted by Crippen LogP contribution is 2.28. The molecular weight excluding hydrogens is 412 g/mol. The Bertz CT molecular complexity index is 1290. The monoisotopic (exact) mass is 430 g/mol. The van der Waals surface area contributed by atoms with Crippen LogP contribution in [0.25, 0.3) is 17.4 Å². The molecule has 2 heterocycles. The largest absolute Gasteiger partial charge is 0.465 e. The van der Waals surface area contributed by atoms with Crippen LogP contribution < -0.4 is 10.2 Å². The molecule has 0 unspecified atom stereocenters. The number of hydrogen-bond donors (Lipinski definition) is 1. The fourth-order valence-electron chi connectivity index (χ4n) is 3.36. The summed E-state index contributed by atoms with van der Waals surface area (Å²) in [4.78, 5) is 50.6. The summed E-state index contributed by atoms with van der Waals surface area (Å²) in [5.41, 5.74) is 1.75. The normalized spacial score (nSPS) is 15.1. The van der Waals surface area contributed by atoms with Crippen LogP contribution in [0.15, 0.2) is 70.7 Å². The minimum absolute atomic E-state index is 0.205. The molecule has 32 heavy (non-hydrogen) atoms. The van der Waals surface area contributed by atoms with Gasteiger partial charge in [0.25, 0.3) is 11.8 Å². The zero-order chi connectivity index (χ0) is 22.8. The van der Waals surface area contributed by atoms with E-state index in [1.54, 1.807) is 54.6 Å². The number of carbonyl (C=O) groups is 4. The minimum atomic E-state index is -0.824. The molecule has 4 rings (SSSR count). The molecule has 1 saturated heterocycles. The van der Waals surface area contributed by atoms with Crippen LogP contribution in [0, 0.1) is 6.92 Å². The van der Waals surface area contributed by atoms with Gasteiger partial charge in [-0.3, -0.25) is 14.9 Å². The molecule has 4 amide bonds. The fraction of sp³-hybridized carbons (Fsp3) is 0.0833. The molecular formula is C24H18N2O6. The van der Waals surface area contributed by atoms with E-state index in [1.807, 2.05) is 13.0 Å². The summed E-state index contributed by atoms with van der Waals surface area (Å²) >= 11 is 0. The molecule has 0 bridgehead atoms. The van der Waals surface area contributed by atoms with Gasteiger partial charge in [-0.1, -0.05) is 30.3 Å². The van der Waals surface area contributed by atoms with Gasteiger partial charge in [-0.15, -0.1) is 0 Å². The van der Waals surface area contributed by atoms with Crippen molar-refractivity contribution < 1.29 is 28.3 Å². The Morgan fingerprint density at radius 1 is 1.03 bits per heavy atom. The maximum atomic E-state index is 13.0. The van der Waals surface area contributed by atoms with Crippen molar-refractivity contribution in [3.05, 3.63) is 83.1 Å². The predicted molar refractivity (Wildman–Crippen MR) is 116 cm³/mol. The van der Waals surface area contributed by atoms with Gasteiger partial charge in [0.15, 0.2) is 0 Å².